The number of hydrogen-bond acceptors (Lipinski definition) is 2. The van der Waals surface area contributed by atoms with E-state index in [9.17, 15) is 41.0 Å². The molecule has 0 radical (unpaired) electrons. The Morgan fingerprint density at radius 2 is 1.50 bits per heavy atom. The first-order valence-corrected chi connectivity index (χ1v) is 9.26. The molecule has 1 rings (SSSR count). The van der Waals surface area contributed by atoms with Crippen molar-refractivity contribution in [1.82, 2.24) is 5.32 Å². The molecule has 1 atom stereocenters. The molecule has 0 aromatic heterocycles. The molecular weight excluding hydrogens is 416 g/mol. The molecular formula is C20H23F6NO3. The predicted octanol–water partition coefficient (Wildman–Crippen LogP) is 5.36. The molecule has 1 aromatic rings. The van der Waals surface area contributed by atoms with Gasteiger partial charge in [0.2, 0.25) is 5.91 Å². The molecule has 0 bridgehead atoms. The maximum absolute atomic E-state index is 12.9. The van der Waals surface area contributed by atoms with Gasteiger partial charge >= 0.3 is 18.3 Å². The molecule has 0 fully saturated rings. The van der Waals surface area contributed by atoms with Gasteiger partial charge in [0.15, 0.2) is 0 Å². The minimum absolute atomic E-state index is 0.0339. The highest BCUT2D eigenvalue weighted by Gasteiger charge is 2.37. The molecule has 2 N–H and O–H groups in total. The van der Waals surface area contributed by atoms with E-state index in [4.69, 9.17) is 0 Å². The van der Waals surface area contributed by atoms with Crippen molar-refractivity contribution in [1.29, 1.82) is 0 Å². The van der Waals surface area contributed by atoms with Gasteiger partial charge in [-0.3, -0.25) is 4.79 Å². The monoisotopic (exact) mass is 439 g/mol. The Morgan fingerprint density at radius 1 is 0.967 bits per heavy atom. The highest BCUT2D eigenvalue weighted by Crippen LogP contribution is 2.36. The molecule has 0 saturated heterocycles. The summed E-state index contributed by atoms with van der Waals surface area (Å²) in [5, 5.41) is 11.4. The molecule has 30 heavy (non-hydrogen) atoms. The van der Waals surface area contributed by atoms with E-state index in [0.29, 0.717) is 18.6 Å². The SMILES string of the molecule is C=CCCCCCC[C@H](NC(=O)Cc1cc(C(F)(F)F)cc(C(F)(F)F)c1)C(=O)O. The second-order valence-corrected chi connectivity index (χ2v) is 6.83. The van der Waals surface area contributed by atoms with Crippen LogP contribution >= 0.6 is 0 Å². The first kappa shape index (κ1) is 25.5. The number of alkyl halides is 6. The fourth-order valence-electron chi connectivity index (χ4n) is 2.80. The van der Waals surface area contributed by atoms with Gasteiger partial charge in [0.25, 0.3) is 0 Å². The number of carbonyl (C=O) groups is 2. The van der Waals surface area contributed by atoms with Crippen LogP contribution in [0.1, 0.15) is 55.2 Å². The number of carbonyl (C=O) groups excluding carboxylic acids is 1. The van der Waals surface area contributed by atoms with Crippen molar-refractivity contribution in [3.8, 4) is 0 Å². The highest BCUT2D eigenvalue weighted by atomic mass is 19.4. The van der Waals surface area contributed by atoms with Crippen molar-refractivity contribution in [2.45, 2.75) is 63.3 Å². The van der Waals surface area contributed by atoms with E-state index in [0.717, 1.165) is 25.7 Å². The fraction of sp³-hybridized carbons (Fsp3) is 0.500. The van der Waals surface area contributed by atoms with E-state index in [2.05, 4.69) is 11.9 Å². The van der Waals surface area contributed by atoms with Crippen LogP contribution in [0.3, 0.4) is 0 Å². The van der Waals surface area contributed by atoms with Gasteiger partial charge in [-0.1, -0.05) is 25.3 Å². The topological polar surface area (TPSA) is 66.4 Å². The summed E-state index contributed by atoms with van der Waals surface area (Å²) in [6.07, 6.45) is -5.22. The van der Waals surface area contributed by atoms with Gasteiger partial charge in [-0.25, -0.2) is 4.79 Å². The third-order valence-electron chi connectivity index (χ3n) is 4.30. The molecule has 0 aliphatic carbocycles. The summed E-state index contributed by atoms with van der Waals surface area (Å²) in [5.41, 5.74) is -3.58. The van der Waals surface area contributed by atoms with E-state index >= 15 is 0 Å². The zero-order chi connectivity index (χ0) is 22.9. The number of hydrogen-bond donors (Lipinski definition) is 2. The van der Waals surface area contributed by atoms with E-state index in [1.807, 2.05) is 0 Å². The number of benzene rings is 1. The van der Waals surface area contributed by atoms with Crippen molar-refractivity contribution < 1.29 is 41.0 Å². The number of unbranched alkanes of at least 4 members (excludes halogenated alkanes) is 4. The maximum Gasteiger partial charge on any atom is 0.416 e. The quantitative estimate of drug-likeness (QED) is 0.277. The normalized spacial score (nSPS) is 13.0. The molecule has 0 spiro atoms. The smallest absolute Gasteiger partial charge is 0.416 e. The Labute approximate surface area is 170 Å². The zero-order valence-electron chi connectivity index (χ0n) is 16.1. The Morgan fingerprint density at radius 3 is 1.97 bits per heavy atom. The lowest BCUT2D eigenvalue weighted by Gasteiger charge is -2.16. The van der Waals surface area contributed by atoms with Crippen molar-refractivity contribution in [2.24, 2.45) is 0 Å². The summed E-state index contributed by atoms with van der Waals surface area (Å²) in [7, 11) is 0. The molecule has 0 saturated carbocycles. The number of carboxylic acids is 1. The van der Waals surface area contributed by atoms with Crippen molar-refractivity contribution in [2.75, 3.05) is 0 Å². The van der Waals surface area contributed by atoms with E-state index < -0.39 is 53.4 Å². The van der Waals surface area contributed by atoms with Crippen LogP contribution in [0.15, 0.2) is 30.9 Å². The highest BCUT2D eigenvalue weighted by molar-refractivity contribution is 5.84. The number of rotatable bonds is 11. The third-order valence-corrected chi connectivity index (χ3v) is 4.30. The summed E-state index contributed by atoms with van der Waals surface area (Å²) in [5.74, 6) is -2.30. The molecule has 4 nitrogen and oxygen atoms in total. The Kier molecular flexibility index (Phi) is 9.38. The number of carboxylic acid groups (broad SMARTS) is 1. The number of allylic oxidation sites excluding steroid dienone is 1. The van der Waals surface area contributed by atoms with Gasteiger partial charge in [-0.15, -0.1) is 6.58 Å². The predicted molar refractivity (Wildman–Crippen MR) is 97.6 cm³/mol. The summed E-state index contributed by atoms with van der Waals surface area (Å²) < 4.78 is 77.3. The third kappa shape index (κ3) is 8.87. The lowest BCUT2D eigenvalue weighted by molar-refractivity contribution is -0.143. The maximum atomic E-state index is 12.9. The summed E-state index contributed by atoms with van der Waals surface area (Å²) in [6, 6.07) is -0.410. The van der Waals surface area contributed by atoms with Crippen LogP contribution in [0, 0.1) is 0 Å². The average Bonchev–Trinajstić information content (AvgIpc) is 2.61. The fourth-order valence-corrected chi connectivity index (χ4v) is 2.80. The summed E-state index contributed by atoms with van der Waals surface area (Å²) in [6.45, 7) is 3.58. The van der Waals surface area contributed by atoms with E-state index in [1.54, 1.807) is 6.08 Å². The van der Waals surface area contributed by atoms with Crippen LogP contribution < -0.4 is 5.32 Å². The van der Waals surface area contributed by atoms with Gasteiger partial charge in [0, 0.05) is 0 Å². The number of amides is 1. The van der Waals surface area contributed by atoms with Gasteiger partial charge < -0.3 is 10.4 Å². The van der Waals surface area contributed by atoms with Crippen LogP contribution in [-0.2, 0) is 28.4 Å². The summed E-state index contributed by atoms with van der Waals surface area (Å²) >= 11 is 0. The Balaban J connectivity index is 2.81. The Bertz CT molecular complexity index is 711. The van der Waals surface area contributed by atoms with Crippen LogP contribution in [0.4, 0.5) is 26.3 Å². The van der Waals surface area contributed by atoms with Crippen molar-refractivity contribution in [3.05, 3.63) is 47.5 Å². The minimum Gasteiger partial charge on any atom is -0.480 e. The summed E-state index contributed by atoms with van der Waals surface area (Å²) in [4.78, 5) is 23.4. The average molecular weight is 439 g/mol. The lowest BCUT2D eigenvalue weighted by atomic mass is 10.0. The Hall–Kier alpha value is -2.52. The van der Waals surface area contributed by atoms with Crippen LogP contribution in [-0.4, -0.2) is 23.0 Å². The molecule has 1 aromatic carbocycles. The van der Waals surface area contributed by atoms with Crippen LogP contribution in [0.5, 0.6) is 0 Å². The molecule has 168 valence electrons. The minimum atomic E-state index is -5.03. The first-order valence-electron chi connectivity index (χ1n) is 9.26. The molecule has 0 unspecified atom stereocenters. The number of aliphatic carboxylic acids is 1. The second-order valence-electron chi connectivity index (χ2n) is 6.83. The molecule has 10 heteroatoms. The van der Waals surface area contributed by atoms with E-state index in [1.165, 1.54) is 0 Å². The van der Waals surface area contributed by atoms with Gasteiger partial charge in [0.1, 0.15) is 6.04 Å². The molecule has 1 amide bonds. The van der Waals surface area contributed by atoms with Crippen LogP contribution in [0.2, 0.25) is 0 Å². The van der Waals surface area contributed by atoms with Gasteiger partial charge in [0.05, 0.1) is 17.5 Å². The van der Waals surface area contributed by atoms with Crippen LogP contribution in [0.25, 0.3) is 0 Å². The molecule has 0 aliphatic rings. The standard InChI is InChI=1S/C20H23F6NO3/c1-2-3-4-5-6-7-8-16(18(29)30)27-17(28)11-13-9-14(19(21,22)23)12-15(10-13)20(24,25)26/h2,9-10,12,16H,1,3-8,11H2,(H,27,28)(H,29,30)/t16-/m0/s1. The number of halogens is 6. The van der Waals surface area contributed by atoms with Gasteiger partial charge in [-0.2, -0.15) is 26.3 Å². The van der Waals surface area contributed by atoms with Gasteiger partial charge in [-0.05, 0) is 43.0 Å². The second kappa shape index (κ2) is 11.0. The van der Waals surface area contributed by atoms with Crippen molar-refractivity contribution in [3.63, 3.8) is 0 Å². The number of nitrogens with one attached hydrogen (secondary N) is 1. The zero-order valence-corrected chi connectivity index (χ0v) is 16.1. The largest absolute Gasteiger partial charge is 0.480 e. The molecule has 0 aliphatic heterocycles. The van der Waals surface area contributed by atoms with E-state index in [-0.39, 0.29) is 12.5 Å². The lowest BCUT2D eigenvalue weighted by Crippen LogP contribution is -2.41. The molecule has 0 heterocycles. The first-order chi connectivity index (χ1) is 13.8. The van der Waals surface area contributed by atoms with Crippen molar-refractivity contribution >= 4 is 11.9 Å².